The number of carbonyl (C=O) groups excluding carboxylic acids is 1. The van der Waals surface area contributed by atoms with Gasteiger partial charge in [0, 0.05) is 11.1 Å². The number of cyclic esters (lactones) is 1. The Morgan fingerprint density at radius 3 is 2.50 bits per heavy atom. The number of ether oxygens (including phenoxy) is 2. The maximum absolute atomic E-state index is 12.0. The molecule has 1 heterocycles. The molecule has 0 atom stereocenters. The molecule has 2 aromatic carbocycles. The van der Waals surface area contributed by atoms with Crippen LogP contribution in [0.3, 0.4) is 0 Å². The summed E-state index contributed by atoms with van der Waals surface area (Å²) in [4.78, 5) is 12.0. The van der Waals surface area contributed by atoms with E-state index in [0.29, 0.717) is 11.3 Å². The number of benzene rings is 2. The van der Waals surface area contributed by atoms with Gasteiger partial charge in [0.1, 0.15) is 11.5 Å². The standard InChI is InChI=1S/C19H16O3/c1-13-7-9-14(10-8-13)18-12-16(19(20)22-18)11-15-5-3-4-6-17(15)21-2/h3-12H,1-2H3. The van der Waals surface area contributed by atoms with Crippen molar-refractivity contribution in [2.24, 2.45) is 0 Å². The van der Waals surface area contributed by atoms with Gasteiger partial charge in [0.15, 0.2) is 0 Å². The number of hydrogen-bond donors (Lipinski definition) is 0. The number of aryl methyl sites for hydroxylation is 1. The first-order valence-electron chi connectivity index (χ1n) is 7.03. The molecule has 2 aromatic rings. The second-order valence-corrected chi connectivity index (χ2v) is 5.11. The Balaban J connectivity index is 1.96. The lowest BCUT2D eigenvalue weighted by Crippen LogP contribution is -1.97. The van der Waals surface area contributed by atoms with Gasteiger partial charge in [0.25, 0.3) is 0 Å². The van der Waals surface area contributed by atoms with Gasteiger partial charge in [-0.05, 0) is 25.1 Å². The van der Waals surface area contributed by atoms with E-state index >= 15 is 0 Å². The van der Waals surface area contributed by atoms with Gasteiger partial charge in [-0.2, -0.15) is 0 Å². The molecule has 3 rings (SSSR count). The molecule has 0 fully saturated rings. The Morgan fingerprint density at radius 1 is 1.05 bits per heavy atom. The van der Waals surface area contributed by atoms with E-state index in [1.807, 2.05) is 55.5 Å². The van der Waals surface area contributed by atoms with Gasteiger partial charge >= 0.3 is 5.97 Å². The molecule has 0 saturated heterocycles. The Labute approximate surface area is 129 Å². The topological polar surface area (TPSA) is 35.5 Å². The van der Waals surface area contributed by atoms with Crippen molar-refractivity contribution in [2.45, 2.75) is 6.92 Å². The van der Waals surface area contributed by atoms with Crippen molar-refractivity contribution >= 4 is 17.8 Å². The Hall–Kier alpha value is -2.81. The van der Waals surface area contributed by atoms with Crippen LogP contribution in [0.15, 0.2) is 60.2 Å². The van der Waals surface area contributed by atoms with E-state index in [-0.39, 0.29) is 5.97 Å². The van der Waals surface area contributed by atoms with E-state index in [2.05, 4.69) is 0 Å². The molecule has 0 spiro atoms. The number of methoxy groups -OCH3 is 1. The molecule has 0 bridgehead atoms. The molecule has 1 aliphatic heterocycles. The molecule has 3 nitrogen and oxygen atoms in total. The molecular formula is C19H16O3. The molecule has 0 saturated carbocycles. The van der Waals surface area contributed by atoms with Crippen molar-refractivity contribution in [1.82, 2.24) is 0 Å². The lowest BCUT2D eigenvalue weighted by Gasteiger charge is -2.03. The number of para-hydroxylation sites is 1. The fourth-order valence-electron chi connectivity index (χ4n) is 2.30. The fraction of sp³-hybridized carbons (Fsp3) is 0.105. The van der Waals surface area contributed by atoms with E-state index < -0.39 is 0 Å². The third kappa shape index (κ3) is 2.79. The highest BCUT2D eigenvalue weighted by Crippen LogP contribution is 2.29. The summed E-state index contributed by atoms with van der Waals surface area (Å²) in [5, 5.41) is 0. The van der Waals surface area contributed by atoms with E-state index in [4.69, 9.17) is 9.47 Å². The summed E-state index contributed by atoms with van der Waals surface area (Å²) in [6.45, 7) is 2.02. The molecule has 3 heteroatoms. The van der Waals surface area contributed by atoms with Crippen molar-refractivity contribution in [1.29, 1.82) is 0 Å². The number of hydrogen-bond acceptors (Lipinski definition) is 3. The third-order valence-electron chi connectivity index (χ3n) is 3.51. The van der Waals surface area contributed by atoms with Crippen LogP contribution in [0, 0.1) is 6.92 Å². The van der Waals surface area contributed by atoms with Crippen LogP contribution in [-0.4, -0.2) is 13.1 Å². The summed E-state index contributed by atoms with van der Waals surface area (Å²) in [6.07, 6.45) is 3.54. The van der Waals surface area contributed by atoms with Gasteiger partial charge in [-0.1, -0.05) is 48.0 Å². The minimum Gasteiger partial charge on any atom is -0.496 e. The van der Waals surface area contributed by atoms with E-state index in [1.54, 1.807) is 19.3 Å². The lowest BCUT2D eigenvalue weighted by molar-refractivity contribution is -0.130. The van der Waals surface area contributed by atoms with Crippen LogP contribution in [0.5, 0.6) is 5.75 Å². The maximum atomic E-state index is 12.0. The highest BCUT2D eigenvalue weighted by molar-refractivity contribution is 6.05. The molecular weight excluding hydrogens is 276 g/mol. The van der Waals surface area contributed by atoms with E-state index in [1.165, 1.54) is 5.56 Å². The predicted molar refractivity (Wildman–Crippen MR) is 86.2 cm³/mol. The summed E-state index contributed by atoms with van der Waals surface area (Å²) < 4.78 is 10.7. The van der Waals surface area contributed by atoms with Gasteiger partial charge in [0.2, 0.25) is 0 Å². The van der Waals surface area contributed by atoms with Gasteiger partial charge < -0.3 is 9.47 Å². The molecule has 22 heavy (non-hydrogen) atoms. The van der Waals surface area contributed by atoms with E-state index in [0.717, 1.165) is 16.9 Å². The van der Waals surface area contributed by atoms with Crippen LogP contribution < -0.4 is 4.74 Å². The molecule has 0 aromatic heterocycles. The highest BCUT2D eigenvalue weighted by Gasteiger charge is 2.22. The van der Waals surface area contributed by atoms with Gasteiger partial charge in [-0.3, -0.25) is 0 Å². The Morgan fingerprint density at radius 2 is 1.77 bits per heavy atom. The Bertz CT molecular complexity index is 768. The van der Waals surface area contributed by atoms with Crippen LogP contribution in [0.2, 0.25) is 0 Å². The monoisotopic (exact) mass is 292 g/mol. The molecule has 1 aliphatic rings. The summed E-state index contributed by atoms with van der Waals surface area (Å²) in [5.41, 5.74) is 3.42. The molecule has 0 N–H and O–H groups in total. The van der Waals surface area contributed by atoms with Crippen molar-refractivity contribution in [2.75, 3.05) is 7.11 Å². The molecule has 0 radical (unpaired) electrons. The zero-order valence-corrected chi connectivity index (χ0v) is 12.5. The van der Waals surface area contributed by atoms with Crippen molar-refractivity contribution in [3.63, 3.8) is 0 Å². The average Bonchev–Trinajstić information content (AvgIpc) is 2.89. The normalized spacial score (nSPS) is 15.6. The zero-order valence-electron chi connectivity index (χ0n) is 12.5. The first kappa shape index (κ1) is 14.1. The van der Waals surface area contributed by atoms with Crippen LogP contribution >= 0.6 is 0 Å². The highest BCUT2D eigenvalue weighted by atomic mass is 16.5. The largest absolute Gasteiger partial charge is 0.496 e. The second kappa shape index (κ2) is 5.90. The smallest absolute Gasteiger partial charge is 0.343 e. The number of carbonyl (C=O) groups is 1. The van der Waals surface area contributed by atoms with Crippen molar-refractivity contribution < 1.29 is 14.3 Å². The molecule has 110 valence electrons. The van der Waals surface area contributed by atoms with Crippen LogP contribution in [0.25, 0.3) is 11.8 Å². The average molecular weight is 292 g/mol. The number of rotatable bonds is 3. The minimum atomic E-state index is -0.346. The number of esters is 1. The molecule has 0 unspecified atom stereocenters. The van der Waals surface area contributed by atoms with Crippen molar-refractivity contribution in [3.05, 3.63) is 76.9 Å². The SMILES string of the molecule is COc1ccccc1C=C1C=C(c2ccc(C)cc2)OC1=O. The quantitative estimate of drug-likeness (QED) is 0.634. The first-order valence-corrected chi connectivity index (χ1v) is 7.03. The van der Waals surface area contributed by atoms with Crippen LogP contribution in [0.4, 0.5) is 0 Å². The summed E-state index contributed by atoms with van der Waals surface area (Å²) >= 11 is 0. The van der Waals surface area contributed by atoms with Crippen LogP contribution in [-0.2, 0) is 9.53 Å². The third-order valence-corrected chi connectivity index (χ3v) is 3.51. The van der Waals surface area contributed by atoms with Gasteiger partial charge in [-0.15, -0.1) is 0 Å². The van der Waals surface area contributed by atoms with Crippen LogP contribution in [0.1, 0.15) is 16.7 Å². The Kier molecular flexibility index (Phi) is 3.79. The van der Waals surface area contributed by atoms with Gasteiger partial charge in [0.05, 0.1) is 12.7 Å². The lowest BCUT2D eigenvalue weighted by atomic mass is 10.1. The predicted octanol–water partition coefficient (Wildman–Crippen LogP) is 3.98. The summed E-state index contributed by atoms with van der Waals surface area (Å²) in [7, 11) is 1.61. The van der Waals surface area contributed by atoms with E-state index in [9.17, 15) is 4.79 Å². The van der Waals surface area contributed by atoms with Crippen molar-refractivity contribution in [3.8, 4) is 5.75 Å². The zero-order chi connectivity index (χ0) is 15.5. The summed E-state index contributed by atoms with van der Waals surface area (Å²) in [5.74, 6) is 0.951. The fourth-order valence-corrected chi connectivity index (χ4v) is 2.30. The summed E-state index contributed by atoms with van der Waals surface area (Å²) in [6, 6.07) is 15.4. The second-order valence-electron chi connectivity index (χ2n) is 5.11. The minimum absolute atomic E-state index is 0.346. The molecule has 0 aliphatic carbocycles. The first-order chi connectivity index (χ1) is 10.7. The maximum Gasteiger partial charge on any atom is 0.343 e. The van der Waals surface area contributed by atoms with Gasteiger partial charge in [-0.25, -0.2) is 4.79 Å². The molecule has 0 amide bonds.